The Kier molecular flexibility index (Phi) is 5.56. The van der Waals surface area contributed by atoms with Crippen LogP contribution < -0.4 is 10.1 Å². The molecule has 1 atom stereocenters. The number of amides is 1. The molecule has 5 nitrogen and oxygen atoms in total. The molecule has 2 aromatic carbocycles. The van der Waals surface area contributed by atoms with Crippen LogP contribution in [0.2, 0.25) is 0 Å². The maximum Gasteiger partial charge on any atom is 0.305 e. The first-order valence-corrected chi connectivity index (χ1v) is 10.3. The van der Waals surface area contributed by atoms with E-state index in [1.165, 1.54) is 12.7 Å². The Hall–Kier alpha value is -2.82. The molecule has 0 radical (unpaired) electrons. The minimum absolute atomic E-state index is 0.0965. The number of fused-ring (bicyclic) bond motifs is 1. The lowest BCUT2D eigenvalue weighted by atomic mass is 9.77. The van der Waals surface area contributed by atoms with E-state index >= 15 is 0 Å². The molecule has 1 aliphatic heterocycles. The molecule has 1 aliphatic carbocycles. The molecule has 1 amide bonds. The van der Waals surface area contributed by atoms with Crippen LogP contribution in [-0.4, -0.2) is 25.1 Å². The number of nitrogens with one attached hydrogen (secondary N) is 1. The molecule has 29 heavy (non-hydrogen) atoms. The van der Waals surface area contributed by atoms with Gasteiger partial charge in [0.1, 0.15) is 5.75 Å². The highest BCUT2D eigenvalue weighted by Crippen LogP contribution is 2.38. The van der Waals surface area contributed by atoms with Crippen LogP contribution in [0.4, 0.5) is 5.69 Å². The van der Waals surface area contributed by atoms with Gasteiger partial charge in [0.15, 0.2) is 6.10 Å². The van der Waals surface area contributed by atoms with E-state index in [9.17, 15) is 9.59 Å². The van der Waals surface area contributed by atoms with Crippen LogP contribution in [0.25, 0.3) is 11.1 Å². The molecule has 2 aromatic rings. The van der Waals surface area contributed by atoms with Crippen LogP contribution in [0.3, 0.4) is 0 Å². The molecule has 4 rings (SSSR count). The highest BCUT2D eigenvalue weighted by molar-refractivity contribution is 5.98. The summed E-state index contributed by atoms with van der Waals surface area (Å²) in [5.41, 5.74) is 4.28. The second-order valence-corrected chi connectivity index (χ2v) is 8.08. The molecule has 1 unspecified atom stereocenters. The zero-order chi connectivity index (χ0) is 20.4. The molecular weight excluding hydrogens is 366 g/mol. The molecule has 1 fully saturated rings. The van der Waals surface area contributed by atoms with E-state index in [1.807, 2.05) is 18.2 Å². The van der Waals surface area contributed by atoms with Crippen LogP contribution in [0.1, 0.15) is 50.5 Å². The summed E-state index contributed by atoms with van der Waals surface area (Å²) in [4.78, 5) is 23.2. The normalized spacial score (nSPS) is 23.5. The highest BCUT2D eigenvalue weighted by Gasteiger charge is 2.25. The Bertz CT molecular complexity index is 898. The molecule has 2 aliphatic rings. The second kappa shape index (κ2) is 8.27. The Morgan fingerprint density at radius 2 is 1.76 bits per heavy atom. The molecule has 0 saturated heterocycles. The van der Waals surface area contributed by atoms with E-state index in [-0.39, 0.29) is 11.9 Å². The van der Waals surface area contributed by atoms with Crippen LogP contribution in [0.15, 0.2) is 42.5 Å². The van der Waals surface area contributed by atoms with Gasteiger partial charge in [-0.15, -0.1) is 0 Å². The van der Waals surface area contributed by atoms with Crippen molar-refractivity contribution in [3.05, 3.63) is 48.0 Å². The molecule has 0 spiro atoms. The first-order chi connectivity index (χ1) is 14.0. The molecule has 1 saturated carbocycles. The summed E-state index contributed by atoms with van der Waals surface area (Å²) >= 11 is 0. The monoisotopic (exact) mass is 393 g/mol. The number of anilines is 1. The smallest absolute Gasteiger partial charge is 0.305 e. The number of carbonyl (C=O) groups is 2. The number of rotatable bonds is 4. The van der Waals surface area contributed by atoms with Gasteiger partial charge in [-0.25, -0.2) is 0 Å². The van der Waals surface area contributed by atoms with E-state index < -0.39 is 6.10 Å². The summed E-state index contributed by atoms with van der Waals surface area (Å²) in [6, 6.07) is 14.6. The minimum atomic E-state index is -0.477. The van der Waals surface area contributed by atoms with Crippen molar-refractivity contribution in [1.29, 1.82) is 0 Å². The van der Waals surface area contributed by atoms with Crippen molar-refractivity contribution in [1.82, 2.24) is 0 Å². The van der Waals surface area contributed by atoms with Gasteiger partial charge in [-0.1, -0.05) is 30.3 Å². The van der Waals surface area contributed by atoms with Crippen molar-refractivity contribution in [3.8, 4) is 16.9 Å². The van der Waals surface area contributed by atoms with Crippen molar-refractivity contribution in [2.75, 3.05) is 12.4 Å². The lowest BCUT2D eigenvalue weighted by Gasteiger charge is -2.28. The highest BCUT2D eigenvalue weighted by atomic mass is 16.5. The van der Waals surface area contributed by atoms with Crippen LogP contribution in [-0.2, 0) is 14.3 Å². The molecular formula is C24H27NO4. The summed E-state index contributed by atoms with van der Waals surface area (Å²) < 4.78 is 10.5. The molecule has 0 aromatic heterocycles. The van der Waals surface area contributed by atoms with E-state index in [1.54, 1.807) is 6.92 Å². The van der Waals surface area contributed by atoms with Crippen molar-refractivity contribution in [2.45, 2.75) is 51.0 Å². The van der Waals surface area contributed by atoms with Crippen LogP contribution in [0, 0.1) is 5.92 Å². The summed E-state index contributed by atoms with van der Waals surface area (Å²) in [5.74, 6) is 1.51. The number of hydrogen-bond acceptors (Lipinski definition) is 4. The Labute approximate surface area is 171 Å². The Morgan fingerprint density at radius 1 is 1.07 bits per heavy atom. The first kappa shape index (κ1) is 19.5. The average Bonchev–Trinajstić information content (AvgIpc) is 2.75. The molecule has 5 heteroatoms. The standard InChI is InChI=1S/C24H27NO4/c1-15-24(27)25-21-12-11-20(14-22(21)29-15)19-9-7-18(8-10-19)17-5-3-16(4-6-17)13-23(26)28-2/h7-12,14-17H,3-6,13H2,1-2H3,(H,25,27). The van der Waals surface area contributed by atoms with Gasteiger partial charge in [0, 0.05) is 6.42 Å². The van der Waals surface area contributed by atoms with Crippen LogP contribution >= 0.6 is 0 Å². The summed E-state index contributed by atoms with van der Waals surface area (Å²) in [5, 5.41) is 2.87. The summed E-state index contributed by atoms with van der Waals surface area (Å²) in [6.45, 7) is 1.75. The van der Waals surface area contributed by atoms with Gasteiger partial charge in [0.2, 0.25) is 0 Å². The quantitative estimate of drug-likeness (QED) is 0.750. The van der Waals surface area contributed by atoms with Gasteiger partial charge in [-0.05, 0) is 73.3 Å². The number of methoxy groups -OCH3 is 1. The van der Waals surface area contributed by atoms with Gasteiger partial charge in [-0.3, -0.25) is 9.59 Å². The zero-order valence-corrected chi connectivity index (χ0v) is 16.9. The molecule has 1 N–H and O–H groups in total. The van der Waals surface area contributed by atoms with Crippen molar-refractivity contribution in [3.63, 3.8) is 0 Å². The number of carbonyl (C=O) groups excluding carboxylic acids is 2. The van der Waals surface area contributed by atoms with Gasteiger partial charge >= 0.3 is 5.97 Å². The third kappa shape index (κ3) is 4.29. The fourth-order valence-electron chi connectivity index (χ4n) is 4.35. The molecule has 0 bridgehead atoms. The zero-order valence-electron chi connectivity index (χ0n) is 16.9. The predicted octanol–water partition coefficient (Wildman–Crippen LogP) is 4.91. The maximum atomic E-state index is 11.7. The average molecular weight is 393 g/mol. The lowest BCUT2D eigenvalue weighted by Crippen LogP contribution is -2.34. The van der Waals surface area contributed by atoms with Crippen molar-refractivity contribution < 1.29 is 19.1 Å². The maximum absolute atomic E-state index is 11.7. The van der Waals surface area contributed by atoms with Gasteiger partial charge in [0.05, 0.1) is 12.8 Å². The lowest BCUT2D eigenvalue weighted by molar-refractivity contribution is -0.142. The van der Waals surface area contributed by atoms with E-state index in [0.29, 0.717) is 24.0 Å². The van der Waals surface area contributed by atoms with Gasteiger partial charge in [0.25, 0.3) is 5.91 Å². The third-order valence-electron chi connectivity index (χ3n) is 6.16. The van der Waals surface area contributed by atoms with Crippen molar-refractivity contribution in [2.24, 2.45) is 5.92 Å². The fraction of sp³-hybridized carbons (Fsp3) is 0.417. The van der Waals surface area contributed by atoms with E-state index in [0.717, 1.165) is 42.5 Å². The predicted molar refractivity (Wildman–Crippen MR) is 112 cm³/mol. The third-order valence-corrected chi connectivity index (χ3v) is 6.16. The van der Waals surface area contributed by atoms with Crippen molar-refractivity contribution >= 4 is 17.6 Å². The first-order valence-electron chi connectivity index (χ1n) is 10.3. The fourth-order valence-corrected chi connectivity index (χ4v) is 4.35. The van der Waals surface area contributed by atoms with E-state index in [4.69, 9.17) is 9.47 Å². The van der Waals surface area contributed by atoms with Crippen LogP contribution in [0.5, 0.6) is 5.75 Å². The number of esters is 1. The summed E-state index contributed by atoms with van der Waals surface area (Å²) in [7, 11) is 1.46. The minimum Gasteiger partial charge on any atom is -0.479 e. The number of ether oxygens (including phenoxy) is 2. The van der Waals surface area contributed by atoms with E-state index in [2.05, 4.69) is 29.6 Å². The number of hydrogen-bond donors (Lipinski definition) is 1. The summed E-state index contributed by atoms with van der Waals surface area (Å²) in [6.07, 6.45) is 4.45. The Morgan fingerprint density at radius 3 is 2.45 bits per heavy atom. The number of benzene rings is 2. The topological polar surface area (TPSA) is 64.6 Å². The largest absolute Gasteiger partial charge is 0.479 e. The molecule has 152 valence electrons. The Balaban J connectivity index is 1.42. The van der Waals surface area contributed by atoms with Gasteiger partial charge < -0.3 is 14.8 Å². The SMILES string of the molecule is COC(=O)CC1CCC(c2ccc(-c3ccc4c(c3)OC(C)C(=O)N4)cc2)CC1. The second-order valence-electron chi connectivity index (χ2n) is 8.08. The van der Waals surface area contributed by atoms with Gasteiger partial charge in [-0.2, -0.15) is 0 Å². The molecule has 1 heterocycles.